The third kappa shape index (κ3) is 2.47. The highest BCUT2D eigenvalue weighted by Crippen LogP contribution is 2.32. The van der Waals surface area contributed by atoms with Gasteiger partial charge in [0.05, 0.1) is 18.5 Å². The van der Waals surface area contributed by atoms with Gasteiger partial charge in [-0.25, -0.2) is 14.8 Å². The van der Waals surface area contributed by atoms with Crippen LogP contribution in [0.15, 0.2) is 24.5 Å². The number of rotatable bonds is 4. The summed E-state index contributed by atoms with van der Waals surface area (Å²) >= 11 is 0. The Hall–Kier alpha value is -2.43. The van der Waals surface area contributed by atoms with Gasteiger partial charge in [-0.2, -0.15) is 0 Å². The van der Waals surface area contributed by atoms with Gasteiger partial charge < -0.3 is 9.84 Å². The van der Waals surface area contributed by atoms with Gasteiger partial charge in [-0.15, -0.1) is 0 Å². The molecule has 0 saturated carbocycles. The average molecular weight is 272 g/mol. The maximum Gasteiger partial charge on any atom is 0.339 e. The van der Waals surface area contributed by atoms with Crippen LogP contribution in [0.25, 0.3) is 11.3 Å². The molecule has 0 radical (unpaired) electrons. The molecule has 2 rings (SSSR count). The fourth-order valence-corrected chi connectivity index (χ4v) is 2.09. The van der Waals surface area contributed by atoms with Crippen LogP contribution in [0.1, 0.15) is 28.5 Å². The number of aryl methyl sites for hydroxylation is 2. The van der Waals surface area contributed by atoms with Gasteiger partial charge in [0.15, 0.2) is 0 Å². The normalized spacial score (nSPS) is 10.3. The van der Waals surface area contributed by atoms with Crippen molar-refractivity contribution >= 4 is 5.97 Å². The first-order chi connectivity index (χ1) is 9.58. The van der Waals surface area contributed by atoms with E-state index in [-0.39, 0.29) is 5.56 Å². The summed E-state index contributed by atoms with van der Waals surface area (Å²) in [6.07, 6.45) is 2.22. The first-order valence-electron chi connectivity index (χ1n) is 6.30. The first-order valence-corrected chi connectivity index (χ1v) is 6.30. The van der Waals surface area contributed by atoms with E-state index in [1.54, 1.807) is 14.0 Å². The minimum absolute atomic E-state index is 0.110. The van der Waals surface area contributed by atoms with Gasteiger partial charge in [0.25, 0.3) is 0 Å². The smallest absolute Gasteiger partial charge is 0.339 e. The lowest BCUT2D eigenvalue weighted by Gasteiger charge is -2.12. The molecule has 0 aliphatic rings. The first kappa shape index (κ1) is 14.0. The summed E-state index contributed by atoms with van der Waals surface area (Å²) in [4.78, 5) is 19.5. The molecule has 104 valence electrons. The van der Waals surface area contributed by atoms with Gasteiger partial charge in [0, 0.05) is 5.56 Å². The fourth-order valence-electron chi connectivity index (χ4n) is 2.09. The zero-order chi connectivity index (χ0) is 14.7. The number of methoxy groups -OCH3 is 1. The molecule has 1 heterocycles. The second kappa shape index (κ2) is 5.69. The fraction of sp³-hybridized carbons (Fsp3) is 0.267. The van der Waals surface area contributed by atoms with Crippen LogP contribution in [0.5, 0.6) is 5.75 Å². The number of aromatic nitrogens is 2. The molecule has 5 heteroatoms. The van der Waals surface area contributed by atoms with Crippen LogP contribution in [-0.4, -0.2) is 28.2 Å². The van der Waals surface area contributed by atoms with Crippen LogP contribution in [0.2, 0.25) is 0 Å². The Balaban J connectivity index is 2.73. The topological polar surface area (TPSA) is 72.3 Å². The summed E-state index contributed by atoms with van der Waals surface area (Å²) < 4.78 is 5.32. The monoisotopic (exact) mass is 272 g/mol. The molecule has 0 aliphatic carbocycles. The number of carbonyl (C=O) groups is 1. The molecule has 0 saturated heterocycles. The molecule has 5 nitrogen and oxygen atoms in total. The van der Waals surface area contributed by atoms with Gasteiger partial charge in [-0.3, -0.25) is 0 Å². The Kier molecular flexibility index (Phi) is 3.98. The van der Waals surface area contributed by atoms with Crippen molar-refractivity contribution in [3.05, 3.63) is 41.3 Å². The van der Waals surface area contributed by atoms with Crippen molar-refractivity contribution in [2.45, 2.75) is 20.3 Å². The SMILES string of the molecule is CCc1ccc(OC)c(-c2ncnc(C)c2C(=O)O)c1. The van der Waals surface area contributed by atoms with Crippen LogP contribution in [-0.2, 0) is 6.42 Å². The average Bonchev–Trinajstić information content (AvgIpc) is 2.45. The second-order valence-corrected chi connectivity index (χ2v) is 4.38. The van der Waals surface area contributed by atoms with Gasteiger partial charge in [-0.1, -0.05) is 13.0 Å². The molecule has 0 amide bonds. The van der Waals surface area contributed by atoms with Crippen LogP contribution >= 0.6 is 0 Å². The number of carboxylic acid groups (broad SMARTS) is 1. The van der Waals surface area contributed by atoms with Crippen LogP contribution in [0, 0.1) is 6.92 Å². The lowest BCUT2D eigenvalue weighted by Crippen LogP contribution is -2.07. The van der Waals surface area contributed by atoms with E-state index in [1.807, 2.05) is 25.1 Å². The molecular formula is C15H16N2O3. The van der Waals surface area contributed by atoms with Gasteiger partial charge in [0.2, 0.25) is 0 Å². The van der Waals surface area contributed by atoms with E-state index in [0.29, 0.717) is 22.7 Å². The standard InChI is InChI=1S/C15H16N2O3/c1-4-10-5-6-12(20-3)11(7-10)14-13(15(18)19)9(2)16-8-17-14/h5-8H,4H2,1-3H3,(H,18,19). The van der Waals surface area contributed by atoms with Crippen molar-refractivity contribution < 1.29 is 14.6 Å². The Labute approximate surface area is 117 Å². The van der Waals surface area contributed by atoms with Crippen molar-refractivity contribution in [3.8, 4) is 17.0 Å². The lowest BCUT2D eigenvalue weighted by atomic mass is 10.0. The number of nitrogens with zero attached hydrogens (tertiary/aromatic N) is 2. The number of hydrogen-bond acceptors (Lipinski definition) is 4. The molecule has 0 bridgehead atoms. The highest BCUT2D eigenvalue weighted by Gasteiger charge is 2.19. The van der Waals surface area contributed by atoms with E-state index < -0.39 is 5.97 Å². The molecule has 0 fully saturated rings. The maximum absolute atomic E-state index is 11.4. The van der Waals surface area contributed by atoms with E-state index in [1.165, 1.54) is 6.33 Å². The zero-order valence-electron chi connectivity index (χ0n) is 11.7. The van der Waals surface area contributed by atoms with E-state index in [2.05, 4.69) is 9.97 Å². The van der Waals surface area contributed by atoms with Gasteiger partial charge in [0.1, 0.15) is 17.6 Å². The van der Waals surface area contributed by atoms with E-state index in [9.17, 15) is 9.90 Å². The molecule has 1 N–H and O–H groups in total. The second-order valence-electron chi connectivity index (χ2n) is 4.38. The van der Waals surface area contributed by atoms with Crippen molar-refractivity contribution in [2.24, 2.45) is 0 Å². The van der Waals surface area contributed by atoms with Crippen molar-refractivity contribution in [1.29, 1.82) is 0 Å². The highest BCUT2D eigenvalue weighted by atomic mass is 16.5. The number of aromatic carboxylic acids is 1. The van der Waals surface area contributed by atoms with E-state index in [4.69, 9.17) is 4.74 Å². The minimum Gasteiger partial charge on any atom is -0.496 e. The number of carboxylic acids is 1. The maximum atomic E-state index is 11.4. The third-order valence-electron chi connectivity index (χ3n) is 3.18. The minimum atomic E-state index is -1.04. The van der Waals surface area contributed by atoms with Crippen LogP contribution in [0.3, 0.4) is 0 Å². The number of hydrogen-bond donors (Lipinski definition) is 1. The molecule has 20 heavy (non-hydrogen) atoms. The molecule has 2 aromatic rings. The van der Waals surface area contributed by atoms with Crippen molar-refractivity contribution in [2.75, 3.05) is 7.11 Å². The molecule has 0 atom stereocenters. The Bertz CT molecular complexity index is 654. The summed E-state index contributed by atoms with van der Waals surface area (Å²) in [6, 6.07) is 5.70. The quantitative estimate of drug-likeness (QED) is 0.926. The summed E-state index contributed by atoms with van der Waals surface area (Å²) in [5, 5.41) is 9.38. The Morgan fingerprint density at radius 1 is 1.35 bits per heavy atom. The van der Waals surface area contributed by atoms with Crippen LogP contribution < -0.4 is 4.74 Å². The summed E-state index contributed by atoms with van der Waals surface area (Å²) in [6.45, 7) is 3.69. The molecule has 0 aliphatic heterocycles. The Morgan fingerprint density at radius 3 is 2.70 bits per heavy atom. The largest absolute Gasteiger partial charge is 0.496 e. The summed E-state index contributed by atoms with van der Waals surface area (Å²) in [5.41, 5.74) is 2.70. The predicted octanol–water partition coefficient (Wildman–Crippen LogP) is 2.72. The molecule has 0 spiro atoms. The van der Waals surface area contributed by atoms with Crippen molar-refractivity contribution in [1.82, 2.24) is 9.97 Å². The van der Waals surface area contributed by atoms with Crippen molar-refractivity contribution in [3.63, 3.8) is 0 Å². The molecular weight excluding hydrogens is 256 g/mol. The zero-order valence-corrected chi connectivity index (χ0v) is 11.7. The number of ether oxygens (including phenoxy) is 1. The van der Waals surface area contributed by atoms with Gasteiger partial charge in [-0.05, 0) is 31.0 Å². The Morgan fingerprint density at radius 2 is 2.10 bits per heavy atom. The van der Waals surface area contributed by atoms with E-state index >= 15 is 0 Å². The number of benzene rings is 1. The predicted molar refractivity (Wildman–Crippen MR) is 75.1 cm³/mol. The van der Waals surface area contributed by atoms with Gasteiger partial charge >= 0.3 is 5.97 Å². The van der Waals surface area contributed by atoms with E-state index in [0.717, 1.165) is 12.0 Å². The molecule has 1 aromatic heterocycles. The summed E-state index contributed by atoms with van der Waals surface area (Å²) in [5.74, 6) is -0.440. The third-order valence-corrected chi connectivity index (χ3v) is 3.18. The highest BCUT2D eigenvalue weighted by molar-refractivity contribution is 5.96. The lowest BCUT2D eigenvalue weighted by molar-refractivity contribution is 0.0696. The molecule has 1 aromatic carbocycles. The summed E-state index contributed by atoms with van der Waals surface area (Å²) in [7, 11) is 1.55. The van der Waals surface area contributed by atoms with Crippen LogP contribution in [0.4, 0.5) is 0 Å². The molecule has 0 unspecified atom stereocenters.